The molecule has 0 spiro atoms. The van der Waals surface area contributed by atoms with Crippen molar-refractivity contribution in [3.8, 4) is 0 Å². The molecular weight excluding hydrogens is 266 g/mol. The van der Waals surface area contributed by atoms with Crippen LogP contribution in [0, 0.1) is 0 Å². The summed E-state index contributed by atoms with van der Waals surface area (Å²) < 4.78 is 0. The Balaban J connectivity index is 4.07. The number of nitrogens with zero attached hydrogens (tertiary/aromatic N) is 1. The second-order valence-electron chi connectivity index (χ2n) is 5.69. The van der Waals surface area contributed by atoms with E-state index < -0.39 is 0 Å². The molecule has 2 N–H and O–H groups in total. The van der Waals surface area contributed by atoms with Gasteiger partial charge in [0.05, 0.1) is 0 Å². The molecular formula is C16H33N3S. The molecule has 3 nitrogen and oxygen atoms in total. The second kappa shape index (κ2) is 13.3. The zero-order chi connectivity index (χ0) is 15.2. The Morgan fingerprint density at radius 1 is 0.950 bits per heavy atom. The quantitative estimate of drug-likeness (QED) is 0.250. The van der Waals surface area contributed by atoms with Crippen molar-refractivity contribution in [2.75, 3.05) is 0 Å². The highest BCUT2D eigenvalue weighted by Crippen LogP contribution is 2.09. The van der Waals surface area contributed by atoms with Gasteiger partial charge in [-0.3, -0.25) is 5.43 Å². The first kappa shape index (κ1) is 19.4. The predicted molar refractivity (Wildman–Crippen MR) is 94.3 cm³/mol. The Morgan fingerprint density at radius 3 is 2.15 bits per heavy atom. The van der Waals surface area contributed by atoms with E-state index in [4.69, 9.17) is 12.2 Å². The van der Waals surface area contributed by atoms with Crippen molar-refractivity contribution in [2.45, 2.75) is 91.5 Å². The SMILES string of the molecule is CCCCCCC/C(CCCC)=N\NC(=S)NC(C)C. The van der Waals surface area contributed by atoms with Gasteiger partial charge in [0.15, 0.2) is 5.11 Å². The van der Waals surface area contributed by atoms with Gasteiger partial charge in [-0.15, -0.1) is 0 Å². The van der Waals surface area contributed by atoms with Gasteiger partial charge in [-0.2, -0.15) is 5.10 Å². The molecule has 20 heavy (non-hydrogen) atoms. The van der Waals surface area contributed by atoms with Crippen molar-refractivity contribution in [1.82, 2.24) is 10.7 Å². The number of hydrogen-bond acceptors (Lipinski definition) is 2. The number of rotatable bonds is 11. The van der Waals surface area contributed by atoms with E-state index in [1.165, 1.54) is 50.7 Å². The first-order chi connectivity index (χ1) is 9.60. The maximum absolute atomic E-state index is 5.20. The molecule has 0 aliphatic carbocycles. The third-order valence-corrected chi connectivity index (χ3v) is 3.33. The van der Waals surface area contributed by atoms with Crippen LogP contribution in [0.15, 0.2) is 5.10 Å². The Hall–Kier alpha value is -0.640. The lowest BCUT2D eigenvalue weighted by Crippen LogP contribution is -2.37. The van der Waals surface area contributed by atoms with Crippen LogP contribution in [0.2, 0.25) is 0 Å². The van der Waals surface area contributed by atoms with E-state index in [-0.39, 0.29) is 0 Å². The van der Waals surface area contributed by atoms with Gasteiger partial charge in [0.25, 0.3) is 0 Å². The Morgan fingerprint density at radius 2 is 1.55 bits per heavy atom. The summed E-state index contributed by atoms with van der Waals surface area (Å²) in [5.41, 5.74) is 4.24. The van der Waals surface area contributed by atoms with E-state index in [2.05, 4.69) is 43.5 Å². The van der Waals surface area contributed by atoms with E-state index in [0.29, 0.717) is 11.2 Å². The molecule has 4 heteroatoms. The molecule has 0 aliphatic heterocycles. The standard InChI is InChI=1S/C16H33N3S/c1-5-7-9-10-11-13-15(12-8-6-2)18-19-16(20)17-14(3)4/h14H,5-13H2,1-4H3,(H2,17,19,20)/b18-15-. The topological polar surface area (TPSA) is 36.4 Å². The Labute approximate surface area is 131 Å². The van der Waals surface area contributed by atoms with Crippen LogP contribution in [0.4, 0.5) is 0 Å². The van der Waals surface area contributed by atoms with Gasteiger partial charge in [-0.1, -0.05) is 46.0 Å². The van der Waals surface area contributed by atoms with Gasteiger partial charge in [-0.05, 0) is 51.7 Å². The molecule has 0 aromatic carbocycles. The molecule has 118 valence electrons. The largest absolute Gasteiger partial charge is 0.359 e. The first-order valence-electron chi connectivity index (χ1n) is 8.22. The smallest absolute Gasteiger partial charge is 0.187 e. The molecule has 0 aromatic rings. The van der Waals surface area contributed by atoms with E-state index in [1.807, 2.05) is 0 Å². The molecule has 0 radical (unpaired) electrons. The summed E-state index contributed by atoms with van der Waals surface area (Å²) in [6.45, 7) is 8.62. The molecule has 0 atom stereocenters. The minimum Gasteiger partial charge on any atom is -0.359 e. The van der Waals surface area contributed by atoms with Crippen molar-refractivity contribution >= 4 is 23.0 Å². The van der Waals surface area contributed by atoms with Crippen LogP contribution < -0.4 is 10.7 Å². The highest BCUT2D eigenvalue weighted by Gasteiger charge is 2.02. The van der Waals surface area contributed by atoms with Crippen molar-refractivity contribution < 1.29 is 0 Å². The van der Waals surface area contributed by atoms with Crippen LogP contribution in [0.1, 0.15) is 85.5 Å². The summed E-state index contributed by atoms with van der Waals surface area (Å²) in [6.07, 6.45) is 11.2. The highest BCUT2D eigenvalue weighted by atomic mass is 32.1. The summed E-state index contributed by atoms with van der Waals surface area (Å²) in [5.74, 6) is 0. The minimum atomic E-state index is 0.346. The molecule has 0 bridgehead atoms. The molecule has 0 unspecified atom stereocenters. The average Bonchev–Trinajstić information content (AvgIpc) is 2.40. The van der Waals surface area contributed by atoms with Crippen LogP contribution in [0.25, 0.3) is 0 Å². The molecule has 0 fully saturated rings. The van der Waals surface area contributed by atoms with Gasteiger partial charge in [-0.25, -0.2) is 0 Å². The number of nitrogens with one attached hydrogen (secondary N) is 2. The lowest BCUT2D eigenvalue weighted by Gasteiger charge is -2.12. The minimum absolute atomic E-state index is 0.346. The zero-order valence-electron chi connectivity index (χ0n) is 13.8. The van der Waals surface area contributed by atoms with Crippen molar-refractivity contribution in [3.63, 3.8) is 0 Å². The Bertz CT molecular complexity index is 275. The number of unbranched alkanes of at least 4 members (excludes halogenated alkanes) is 5. The van der Waals surface area contributed by atoms with Gasteiger partial charge in [0.1, 0.15) is 0 Å². The number of hydrazone groups is 1. The van der Waals surface area contributed by atoms with Crippen molar-refractivity contribution in [2.24, 2.45) is 5.10 Å². The van der Waals surface area contributed by atoms with E-state index in [1.54, 1.807) is 0 Å². The van der Waals surface area contributed by atoms with Crippen LogP contribution in [-0.2, 0) is 0 Å². The highest BCUT2D eigenvalue weighted by molar-refractivity contribution is 7.80. The third-order valence-electron chi connectivity index (χ3n) is 3.12. The third kappa shape index (κ3) is 12.4. The molecule has 0 saturated heterocycles. The molecule has 0 heterocycles. The summed E-state index contributed by atoms with van der Waals surface area (Å²) in [6, 6.07) is 0.346. The zero-order valence-corrected chi connectivity index (χ0v) is 14.6. The van der Waals surface area contributed by atoms with Crippen molar-refractivity contribution in [1.29, 1.82) is 0 Å². The summed E-state index contributed by atoms with van der Waals surface area (Å²) in [4.78, 5) is 0. The summed E-state index contributed by atoms with van der Waals surface area (Å²) >= 11 is 5.20. The summed E-state index contributed by atoms with van der Waals surface area (Å²) in [7, 11) is 0. The van der Waals surface area contributed by atoms with Gasteiger partial charge in [0.2, 0.25) is 0 Å². The molecule has 0 aliphatic rings. The maximum Gasteiger partial charge on any atom is 0.187 e. The average molecular weight is 300 g/mol. The van der Waals surface area contributed by atoms with Crippen LogP contribution in [-0.4, -0.2) is 16.9 Å². The number of thiocarbonyl (C=S) groups is 1. The normalized spacial score (nSPS) is 11.8. The van der Waals surface area contributed by atoms with E-state index in [9.17, 15) is 0 Å². The lowest BCUT2D eigenvalue weighted by molar-refractivity contribution is 0.638. The van der Waals surface area contributed by atoms with Crippen LogP contribution in [0.3, 0.4) is 0 Å². The lowest BCUT2D eigenvalue weighted by atomic mass is 10.0. The fourth-order valence-corrected chi connectivity index (χ4v) is 2.26. The van der Waals surface area contributed by atoms with Gasteiger partial charge < -0.3 is 5.32 Å². The summed E-state index contributed by atoms with van der Waals surface area (Å²) in [5, 5.41) is 8.27. The molecule has 0 amide bonds. The van der Waals surface area contributed by atoms with Crippen LogP contribution >= 0.6 is 12.2 Å². The number of hydrogen-bond donors (Lipinski definition) is 2. The fourth-order valence-electron chi connectivity index (χ4n) is 1.97. The fraction of sp³-hybridized carbons (Fsp3) is 0.875. The monoisotopic (exact) mass is 299 g/mol. The maximum atomic E-state index is 5.20. The molecule has 0 rings (SSSR count). The van der Waals surface area contributed by atoms with Gasteiger partial charge >= 0.3 is 0 Å². The van der Waals surface area contributed by atoms with E-state index in [0.717, 1.165) is 12.8 Å². The van der Waals surface area contributed by atoms with Crippen LogP contribution in [0.5, 0.6) is 0 Å². The second-order valence-corrected chi connectivity index (χ2v) is 6.09. The Kier molecular flexibility index (Phi) is 12.9. The first-order valence-corrected chi connectivity index (χ1v) is 8.62. The molecule has 0 aromatic heterocycles. The molecule has 0 saturated carbocycles. The predicted octanol–water partition coefficient (Wildman–Crippen LogP) is 4.77. The van der Waals surface area contributed by atoms with Crippen molar-refractivity contribution in [3.05, 3.63) is 0 Å². The van der Waals surface area contributed by atoms with Gasteiger partial charge in [0, 0.05) is 11.8 Å². The van der Waals surface area contributed by atoms with E-state index >= 15 is 0 Å².